The molecule has 0 spiro atoms. The van der Waals surface area contributed by atoms with Crippen LogP contribution in [0, 0.1) is 17.0 Å². The molecule has 1 aromatic heterocycles. The average molecular weight is 273 g/mol. The van der Waals surface area contributed by atoms with Gasteiger partial charge in [-0.3, -0.25) is 10.1 Å². The van der Waals surface area contributed by atoms with E-state index in [-0.39, 0.29) is 17.3 Å². The Kier molecular flexibility index (Phi) is 4.23. The lowest BCUT2D eigenvalue weighted by Gasteiger charge is -2.13. The van der Waals surface area contributed by atoms with Gasteiger partial charge in [-0.2, -0.15) is 0 Å². The van der Waals surface area contributed by atoms with Gasteiger partial charge in [-0.1, -0.05) is 0 Å². The first kappa shape index (κ1) is 14.4. The summed E-state index contributed by atoms with van der Waals surface area (Å²) < 4.78 is 22.2. The van der Waals surface area contributed by atoms with Crippen molar-refractivity contribution in [3.63, 3.8) is 0 Å². The number of hydrogen-bond acceptors (Lipinski definition) is 6. The van der Waals surface area contributed by atoms with Crippen molar-refractivity contribution in [1.29, 1.82) is 0 Å². The largest absolute Gasteiger partial charge is 0.361 e. The highest BCUT2D eigenvalue weighted by atomic mass is 32.2. The molecular formula is C10H15N3O4S. The fraction of sp³-hybridized carbons (Fsp3) is 0.500. The molecule has 0 aromatic carbocycles. The Hall–Kier alpha value is -1.70. The van der Waals surface area contributed by atoms with E-state index in [1.165, 1.54) is 12.1 Å². The molecule has 1 heterocycles. The molecule has 18 heavy (non-hydrogen) atoms. The molecule has 1 rings (SSSR count). The standard InChI is InChI=1S/C10H15N3O4S/c1-7-4-5-9(13(14)15)10(11-7)12-8(2)6-18(3,16)17/h4-5,8H,6H2,1-3H3,(H,11,12). The molecule has 0 saturated carbocycles. The number of hydrogen-bond donors (Lipinski definition) is 1. The maximum atomic E-state index is 11.1. The second-order valence-electron chi connectivity index (χ2n) is 4.22. The van der Waals surface area contributed by atoms with Gasteiger partial charge in [0.25, 0.3) is 0 Å². The number of nitrogens with zero attached hydrogens (tertiary/aromatic N) is 2. The minimum absolute atomic E-state index is 0.0937. The van der Waals surface area contributed by atoms with E-state index >= 15 is 0 Å². The molecule has 0 saturated heterocycles. The molecule has 0 aliphatic heterocycles. The maximum absolute atomic E-state index is 11.1. The van der Waals surface area contributed by atoms with Gasteiger partial charge >= 0.3 is 5.69 Å². The van der Waals surface area contributed by atoms with Gasteiger partial charge in [0.1, 0.15) is 9.84 Å². The highest BCUT2D eigenvalue weighted by Gasteiger charge is 2.18. The summed E-state index contributed by atoms with van der Waals surface area (Å²) in [5.41, 5.74) is 0.454. The van der Waals surface area contributed by atoms with Crippen molar-refractivity contribution in [3.05, 3.63) is 27.9 Å². The molecule has 0 amide bonds. The number of pyridine rings is 1. The Morgan fingerprint density at radius 2 is 2.11 bits per heavy atom. The number of sulfone groups is 1. The normalized spacial score (nSPS) is 13.1. The molecule has 0 fully saturated rings. The molecule has 0 radical (unpaired) electrons. The van der Waals surface area contributed by atoms with Crippen LogP contribution in [0.15, 0.2) is 12.1 Å². The minimum Gasteiger partial charge on any atom is -0.361 e. The van der Waals surface area contributed by atoms with Crippen molar-refractivity contribution in [2.24, 2.45) is 0 Å². The number of anilines is 1. The van der Waals surface area contributed by atoms with Gasteiger partial charge in [-0.05, 0) is 19.9 Å². The summed E-state index contributed by atoms with van der Waals surface area (Å²) in [6.45, 7) is 3.34. The number of nitro groups is 1. The van der Waals surface area contributed by atoms with Crippen LogP contribution < -0.4 is 5.32 Å². The van der Waals surface area contributed by atoms with Gasteiger partial charge in [0, 0.05) is 24.1 Å². The highest BCUT2D eigenvalue weighted by molar-refractivity contribution is 7.90. The van der Waals surface area contributed by atoms with Gasteiger partial charge in [-0.25, -0.2) is 13.4 Å². The predicted molar refractivity (Wildman–Crippen MR) is 68.4 cm³/mol. The zero-order chi connectivity index (χ0) is 13.9. The molecule has 0 bridgehead atoms. The van der Waals surface area contributed by atoms with Crippen LogP contribution in [0.3, 0.4) is 0 Å². The van der Waals surface area contributed by atoms with Crippen LogP contribution in [-0.4, -0.2) is 36.4 Å². The third-order valence-electron chi connectivity index (χ3n) is 2.15. The second-order valence-corrected chi connectivity index (χ2v) is 6.40. The zero-order valence-corrected chi connectivity index (χ0v) is 11.2. The quantitative estimate of drug-likeness (QED) is 0.637. The average Bonchev–Trinajstić information content (AvgIpc) is 2.13. The third kappa shape index (κ3) is 4.28. The summed E-state index contributed by atoms with van der Waals surface area (Å²) in [5, 5.41) is 13.6. The van der Waals surface area contributed by atoms with E-state index < -0.39 is 20.8 Å². The summed E-state index contributed by atoms with van der Waals surface area (Å²) in [7, 11) is -3.15. The third-order valence-corrected chi connectivity index (χ3v) is 3.25. The van der Waals surface area contributed by atoms with Gasteiger partial charge in [0.2, 0.25) is 5.82 Å². The van der Waals surface area contributed by atoms with E-state index in [4.69, 9.17) is 0 Å². The molecule has 1 unspecified atom stereocenters. The highest BCUT2D eigenvalue weighted by Crippen LogP contribution is 2.22. The van der Waals surface area contributed by atoms with Gasteiger partial charge in [-0.15, -0.1) is 0 Å². The van der Waals surface area contributed by atoms with Crippen LogP contribution in [0.25, 0.3) is 0 Å². The maximum Gasteiger partial charge on any atom is 0.311 e. The Balaban J connectivity index is 2.96. The molecule has 100 valence electrons. The Morgan fingerprint density at radius 1 is 1.50 bits per heavy atom. The fourth-order valence-corrected chi connectivity index (χ4v) is 2.52. The molecule has 7 nitrogen and oxygen atoms in total. The first-order valence-electron chi connectivity index (χ1n) is 5.25. The first-order chi connectivity index (χ1) is 8.19. The Bertz CT molecular complexity index is 556. The van der Waals surface area contributed by atoms with E-state index in [1.54, 1.807) is 13.8 Å². The van der Waals surface area contributed by atoms with Crippen molar-refractivity contribution in [1.82, 2.24) is 4.98 Å². The van der Waals surface area contributed by atoms with Crippen LogP contribution in [-0.2, 0) is 9.84 Å². The van der Waals surface area contributed by atoms with Gasteiger partial charge < -0.3 is 5.32 Å². The summed E-state index contributed by atoms with van der Waals surface area (Å²) >= 11 is 0. The molecule has 1 atom stereocenters. The van der Waals surface area contributed by atoms with Crippen LogP contribution in [0.4, 0.5) is 11.5 Å². The minimum atomic E-state index is -3.15. The number of nitrogens with one attached hydrogen (secondary N) is 1. The summed E-state index contributed by atoms with van der Waals surface area (Å²) in [4.78, 5) is 14.3. The number of aromatic nitrogens is 1. The molecule has 0 aliphatic carbocycles. The first-order valence-corrected chi connectivity index (χ1v) is 7.31. The molecule has 0 aliphatic rings. The van der Waals surface area contributed by atoms with Crippen molar-refractivity contribution in [2.45, 2.75) is 19.9 Å². The summed E-state index contributed by atoms with van der Waals surface area (Å²) in [6, 6.07) is 2.43. The van der Waals surface area contributed by atoms with Crippen LogP contribution >= 0.6 is 0 Å². The Morgan fingerprint density at radius 3 is 2.61 bits per heavy atom. The fourth-order valence-electron chi connectivity index (χ4n) is 1.53. The number of aryl methyl sites for hydroxylation is 1. The zero-order valence-electron chi connectivity index (χ0n) is 10.4. The van der Waals surface area contributed by atoms with E-state index in [0.717, 1.165) is 6.26 Å². The lowest BCUT2D eigenvalue weighted by atomic mass is 10.3. The number of rotatable bonds is 5. The summed E-state index contributed by atoms with van der Waals surface area (Å²) in [6.07, 6.45) is 1.11. The van der Waals surface area contributed by atoms with E-state index in [0.29, 0.717) is 5.69 Å². The van der Waals surface area contributed by atoms with Crippen molar-refractivity contribution >= 4 is 21.3 Å². The SMILES string of the molecule is Cc1ccc([N+](=O)[O-])c(NC(C)CS(C)(=O)=O)n1. The lowest BCUT2D eigenvalue weighted by Crippen LogP contribution is -2.26. The van der Waals surface area contributed by atoms with E-state index in [1.807, 2.05) is 0 Å². The van der Waals surface area contributed by atoms with Crippen molar-refractivity contribution < 1.29 is 13.3 Å². The molecule has 8 heteroatoms. The van der Waals surface area contributed by atoms with Gasteiger partial charge in [0.05, 0.1) is 10.7 Å². The van der Waals surface area contributed by atoms with Crippen LogP contribution in [0.2, 0.25) is 0 Å². The van der Waals surface area contributed by atoms with E-state index in [2.05, 4.69) is 10.3 Å². The van der Waals surface area contributed by atoms with Crippen molar-refractivity contribution in [3.8, 4) is 0 Å². The van der Waals surface area contributed by atoms with Crippen molar-refractivity contribution in [2.75, 3.05) is 17.3 Å². The van der Waals surface area contributed by atoms with Gasteiger partial charge in [0.15, 0.2) is 0 Å². The molecule has 1 N–H and O–H groups in total. The predicted octanol–water partition coefficient (Wildman–Crippen LogP) is 1.14. The second kappa shape index (κ2) is 5.30. The topological polar surface area (TPSA) is 102 Å². The monoisotopic (exact) mass is 273 g/mol. The van der Waals surface area contributed by atoms with Crippen LogP contribution in [0.1, 0.15) is 12.6 Å². The van der Waals surface area contributed by atoms with Crippen LogP contribution in [0.5, 0.6) is 0 Å². The summed E-state index contributed by atoms with van der Waals surface area (Å²) in [5.74, 6) is -0.0177. The lowest BCUT2D eigenvalue weighted by molar-refractivity contribution is -0.384. The smallest absolute Gasteiger partial charge is 0.311 e. The Labute approximate surface area is 105 Å². The molecular weight excluding hydrogens is 258 g/mol. The van der Waals surface area contributed by atoms with E-state index in [9.17, 15) is 18.5 Å². The molecule has 1 aromatic rings.